The fraction of sp³-hybridized carbons (Fsp3) is 0.727. The zero-order valence-electron chi connectivity index (χ0n) is 8.87. The van der Waals surface area contributed by atoms with Crippen LogP contribution in [0.5, 0.6) is 0 Å². The predicted molar refractivity (Wildman–Crippen MR) is 56.0 cm³/mol. The van der Waals surface area contributed by atoms with Crippen molar-refractivity contribution in [2.24, 2.45) is 0 Å². The van der Waals surface area contributed by atoms with Gasteiger partial charge in [0.25, 0.3) is 0 Å². The van der Waals surface area contributed by atoms with E-state index < -0.39 is 0 Å². The molecule has 0 heterocycles. The van der Waals surface area contributed by atoms with Gasteiger partial charge in [-0.3, -0.25) is 9.69 Å². The summed E-state index contributed by atoms with van der Waals surface area (Å²) in [6.45, 7) is 4.88. The van der Waals surface area contributed by atoms with Crippen LogP contribution >= 0.6 is 0 Å². The SMILES string of the molecule is C=CCN(CC(=O)OC)C1CCCC1. The molecule has 0 aromatic rings. The van der Waals surface area contributed by atoms with E-state index in [0.29, 0.717) is 12.6 Å². The third-order valence-electron chi connectivity index (χ3n) is 2.76. The number of carbonyl (C=O) groups is 1. The van der Waals surface area contributed by atoms with Crippen LogP contribution in [0.15, 0.2) is 12.7 Å². The minimum Gasteiger partial charge on any atom is -0.468 e. The first-order valence-corrected chi connectivity index (χ1v) is 5.19. The summed E-state index contributed by atoms with van der Waals surface area (Å²) in [5, 5.41) is 0. The Bertz CT molecular complexity index is 197. The molecule has 0 aromatic heterocycles. The second kappa shape index (κ2) is 5.81. The van der Waals surface area contributed by atoms with Gasteiger partial charge in [-0.05, 0) is 12.8 Å². The number of nitrogens with zero attached hydrogens (tertiary/aromatic N) is 1. The highest BCUT2D eigenvalue weighted by molar-refractivity contribution is 5.71. The van der Waals surface area contributed by atoms with Crippen molar-refractivity contribution in [3.05, 3.63) is 12.7 Å². The molecule has 80 valence electrons. The lowest BCUT2D eigenvalue weighted by Crippen LogP contribution is -2.38. The van der Waals surface area contributed by atoms with Crippen molar-refractivity contribution >= 4 is 5.97 Å². The molecule has 0 spiro atoms. The van der Waals surface area contributed by atoms with Crippen LogP contribution < -0.4 is 0 Å². The molecule has 1 rings (SSSR count). The number of carbonyl (C=O) groups excluding carboxylic acids is 1. The molecular formula is C11H19NO2. The van der Waals surface area contributed by atoms with Crippen LogP contribution in [0.2, 0.25) is 0 Å². The van der Waals surface area contributed by atoms with Crippen LogP contribution in [0.25, 0.3) is 0 Å². The minimum absolute atomic E-state index is 0.154. The summed E-state index contributed by atoms with van der Waals surface area (Å²) in [5.41, 5.74) is 0. The maximum absolute atomic E-state index is 11.2. The fourth-order valence-corrected chi connectivity index (χ4v) is 2.01. The molecule has 1 aliphatic rings. The van der Waals surface area contributed by atoms with Crippen molar-refractivity contribution in [1.82, 2.24) is 4.90 Å². The number of hydrogen-bond donors (Lipinski definition) is 0. The van der Waals surface area contributed by atoms with Crippen molar-refractivity contribution in [3.63, 3.8) is 0 Å². The molecule has 1 fully saturated rings. The lowest BCUT2D eigenvalue weighted by atomic mass is 10.2. The van der Waals surface area contributed by atoms with E-state index in [4.69, 9.17) is 0 Å². The normalized spacial score (nSPS) is 17.3. The molecule has 14 heavy (non-hydrogen) atoms. The zero-order chi connectivity index (χ0) is 10.4. The molecule has 0 atom stereocenters. The Morgan fingerprint density at radius 1 is 1.57 bits per heavy atom. The Morgan fingerprint density at radius 3 is 2.71 bits per heavy atom. The molecule has 1 aliphatic carbocycles. The van der Waals surface area contributed by atoms with Crippen molar-refractivity contribution < 1.29 is 9.53 Å². The highest BCUT2D eigenvalue weighted by Crippen LogP contribution is 2.23. The molecule has 3 heteroatoms. The summed E-state index contributed by atoms with van der Waals surface area (Å²) < 4.78 is 4.67. The van der Waals surface area contributed by atoms with Gasteiger partial charge in [-0.15, -0.1) is 6.58 Å². The van der Waals surface area contributed by atoms with Crippen LogP contribution in [-0.2, 0) is 9.53 Å². The van der Waals surface area contributed by atoms with Gasteiger partial charge in [0, 0.05) is 12.6 Å². The van der Waals surface area contributed by atoms with Gasteiger partial charge >= 0.3 is 5.97 Å². The Kier molecular flexibility index (Phi) is 4.66. The quantitative estimate of drug-likeness (QED) is 0.495. The van der Waals surface area contributed by atoms with Crippen LogP contribution in [-0.4, -0.2) is 37.1 Å². The summed E-state index contributed by atoms with van der Waals surface area (Å²) in [4.78, 5) is 13.3. The van der Waals surface area contributed by atoms with Crippen molar-refractivity contribution in [3.8, 4) is 0 Å². The average molecular weight is 197 g/mol. The molecule has 0 aliphatic heterocycles. The molecule has 3 nitrogen and oxygen atoms in total. The molecule has 0 aromatic carbocycles. The number of ether oxygens (including phenoxy) is 1. The lowest BCUT2D eigenvalue weighted by molar-refractivity contribution is -0.142. The number of methoxy groups -OCH3 is 1. The highest BCUT2D eigenvalue weighted by atomic mass is 16.5. The van der Waals surface area contributed by atoms with E-state index in [2.05, 4.69) is 16.2 Å². The topological polar surface area (TPSA) is 29.5 Å². The predicted octanol–water partition coefficient (Wildman–Crippen LogP) is 1.59. The Hall–Kier alpha value is -0.830. The van der Waals surface area contributed by atoms with Crippen LogP contribution in [0.1, 0.15) is 25.7 Å². The summed E-state index contributed by atoms with van der Waals surface area (Å²) in [7, 11) is 1.43. The fourth-order valence-electron chi connectivity index (χ4n) is 2.01. The Labute approximate surface area is 85.7 Å². The summed E-state index contributed by atoms with van der Waals surface area (Å²) >= 11 is 0. The van der Waals surface area contributed by atoms with Gasteiger partial charge in [-0.1, -0.05) is 18.9 Å². The first-order valence-electron chi connectivity index (χ1n) is 5.19. The van der Waals surface area contributed by atoms with E-state index in [1.54, 1.807) is 0 Å². The monoisotopic (exact) mass is 197 g/mol. The average Bonchev–Trinajstić information content (AvgIpc) is 2.69. The number of hydrogen-bond acceptors (Lipinski definition) is 3. The molecule has 1 saturated carbocycles. The summed E-state index contributed by atoms with van der Waals surface area (Å²) in [6.07, 6.45) is 6.80. The maximum Gasteiger partial charge on any atom is 0.319 e. The third-order valence-corrected chi connectivity index (χ3v) is 2.76. The van der Waals surface area contributed by atoms with Crippen LogP contribution in [0.4, 0.5) is 0 Å². The van der Waals surface area contributed by atoms with E-state index in [-0.39, 0.29) is 5.97 Å². The van der Waals surface area contributed by atoms with Gasteiger partial charge in [0.2, 0.25) is 0 Å². The third kappa shape index (κ3) is 3.14. The minimum atomic E-state index is -0.154. The molecule has 0 radical (unpaired) electrons. The first-order chi connectivity index (χ1) is 6.77. The Balaban J connectivity index is 2.44. The molecule has 0 unspecified atom stereocenters. The molecule has 0 N–H and O–H groups in total. The van der Waals surface area contributed by atoms with Gasteiger partial charge < -0.3 is 4.74 Å². The smallest absolute Gasteiger partial charge is 0.319 e. The second-order valence-electron chi connectivity index (χ2n) is 3.73. The molecule has 0 bridgehead atoms. The van der Waals surface area contributed by atoms with Crippen molar-refractivity contribution in [2.75, 3.05) is 20.2 Å². The zero-order valence-corrected chi connectivity index (χ0v) is 8.87. The van der Waals surface area contributed by atoms with Crippen LogP contribution in [0, 0.1) is 0 Å². The van der Waals surface area contributed by atoms with E-state index in [1.165, 1.54) is 32.8 Å². The van der Waals surface area contributed by atoms with Gasteiger partial charge in [0.05, 0.1) is 13.7 Å². The van der Waals surface area contributed by atoms with Gasteiger partial charge in [0.1, 0.15) is 0 Å². The van der Waals surface area contributed by atoms with Gasteiger partial charge in [-0.2, -0.15) is 0 Å². The van der Waals surface area contributed by atoms with Gasteiger partial charge in [-0.25, -0.2) is 0 Å². The van der Waals surface area contributed by atoms with Crippen molar-refractivity contribution in [1.29, 1.82) is 0 Å². The summed E-state index contributed by atoms with van der Waals surface area (Å²) in [5.74, 6) is -0.154. The first kappa shape index (κ1) is 11.2. The lowest BCUT2D eigenvalue weighted by Gasteiger charge is -2.25. The molecule has 0 amide bonds. The van der Waals surface area contributed by atoms with E-state index in [0.717, 1.165) is 6.54 Å². The van der Waals surface area contributed by atoms with Crippen molar-refractivity contribution in [2.45, 2.75) is 31.7 Å². The van der Waals surface area contributed by atoms with E-state index >= 15 is 0 Å². The standard InChI is InChI=1S/C11H19NO2/c1-3-8-12(9-11(13)14-2)10-6-4-5-7-10/h3,10H,1,4-9H2,2H3. The molecular weight excluding hydrogens is 178 g/mol. The summed E-state index contributed by atoms with van der Waals surface area (Å²) in [6, 6.07) is 0.548. The maximum atomic E-state index is 11.2. The largest absolute Gasteiger partial charge is 0.468 e. The highest BCUT2D eigenvalue weighted by Gasteiger charge is 2.23. The second-order valence-corrected chi connectivity index (χ2v) is 3.73. The van der Waals surface area contributed by atoms with E-state index in [9.17, 15) is 4.79 Å². The Morgan fingerprint density at radius 2 is 2.21 bits per heavy atom. The van der Waals surface area contributed by atoms with Gasteiger partial charge in [0.15, 0.2) is 0 Å². The van der Waals surface area contributed by atoms with Crippen LogP contribution in [0.3, 0.4) is 0 Å². The number of esters is 1. The number of rotatable bonds is 5. The van der Waals surface area contributed by atoms with E-state index in [1.807, 2.05) is 6.08 Å². The molecule has 0 saturated heterocycles.